The minimum atomic E-state index is -0.417. The maximum Gasteiger partial charge on any atom is 0.322 e. The minimum Gasteiger partial charge on any atom is -0.459 e. The fraction of sp³-hybridized carbons (Fsp3) is 0.0417. The third-order valence-corrected chi connectivity index (χ3v) is 4.93. The monoisotopic (exact) mass is 424 g/mol. The molecule has 3 aromatic heterocycles. The quantitative estimate of drug-likeness (QED) is 0.395. The van der Waals surface area contributed by atoms with Crippen LogP contribution in [0.25, 0.3) is 33.8 Å². The Kier molecular flexibility index (Phi) is 4.79. The Morgan fingerprint density at radius 2 is 1.75 bits per heavy atom. The van der Waals surface area contributed by atoms with Crippen molar-refractivity contribution in [1.82, 2.24) is 15.2 Å². The largest absolute Gasteiger partial charge is 0.459 e. The van der Waals surface area contributed by atoms with E-state index in [-0.39, 0.29) is 17.7 Å². The summed E-state index contributed by atoms with van der Waals surface area (Å²) in [7, 11) is 0. The molecule has 156 valence electrons. The molecule has 0 unspecified atom stereocenters. The van der Waals surface area contributed by atoms with Crippen molar-refractivity contribution in [3.05, 3.63) is 84.1 Å². The zero-order valence-corrected chi connectivity index (χ0v) is 16.9. The molecule has 8 nitrogen and oxygen atoms in total. The molecule has 0 aliphatic carbocycles. The van der Waals surface area contributed by atoms with E-state index in [1.165, 1.54) is 13.2 Å². The first-order valence-electron chi connectivity index (χ1n) is 9.78. The number of amides is 1. The second-order valence-electron chi connectivity index (χ2n) is 7.05. The molecular formula is C24H16N4O4. The zero-order chi connectivity index (χ0) is 22.1. The summed E-state index contributed by atoms with van der Waals surface area (Å²) in [5, 5.41) is 11.1. The van der Waals surface area contributed by atoms with E-state index in [2.05, 4.69) is 20.5 Å². The van der Waals surface area contributed by atoms with Gasteiger partial charge in [-0.25, -0.2) is 4.98 Å². The molecule has 32 heavy (non-hydrogen) atoms. The molecule has 2 aromatic carbocycles. The van der Waals surface area contributed by atoms with Crippen LogP contribution in [0.2, 0.25) is 0 Å². The molecule has 1 amide bonds. The first-order valence-corrected chi connectivity index (χ1v) is 9.78. The van der Waals surface area contributed by atoms with Crippen LogP contribution in [0.4, 0.5) is 6.01 Å². The number of para-hydroxylation sites is 1. The molecule has 3 heterocycles. The second kappa shape index (κ2) is 7.92. The average molecular weight is 424 g/mol. The van der Waals surface area contributed by atoms with Gasteiger partial charge in [-0.3, -0.25) is 14.9 Å². The Morgan fingerprint density at radius 1 is 0.938 bits per heavy atom. The maximum absolute atomic E-state index is 13.1. The SMILES string of the molecule is CC(=O)c1ccc(-c2cc(C(=O)Nc3nnc(-c4ccco4)o3)c3ccccc3n2)cc1. The van der Waals surface area contributed by atoms with Gasteiger partial charge in [0.05, 0.1) is 23.0 Å². The highest BCUT2D eigenvalue weighted by Crippen LogP contribution is 2.26. The van der Waals surface area contributed by atoms with Crippen LogP contribution in [-0.4, -0.2) is 26.9 Å². The van der Waals surface area contributed by atoms with Crippen LogP contribution in [0, 0.1) is 0 Å². The highest BCUT2D eigenvalue weighted by molar-refractivity contribution is 6.12. The van der Waals surface area contributed by atoms with E-state index in [0.29, 0.717) is 33.5 Å². The van der Waals surface area contributed by atoms with Crippen LogP contribution in [0.1, 0.15) is 27.6 Å². The molecule has 0 spiro atoms. The fourth-order valence-corrected chi connectivity index (χ4v) is 3.32. The van der Waals surface area contributed by atoms with Crippen molar-refractivity contribution >= 4 is 28.6 Å². The van der Waals surface area contributed by atoms with Crippen LogP contribution in [0.15, 0.2) is 81.8 Å². The molecule has 0 fully saturated rings. The fourth-order valence-electron chi connectivity index (χ4n) is 3.32. The lowest BCUT2D eigenvalue weighted by atomic mass is 10.0. The highest BCUT2D eigenvalue weighted by Gasteiger charge is 2.18. The number of fused-ring (bicyclic) bond motifs is 1. The second-order valence-corrected chi connectivity index (χ2v) is 7.05. The average Bonchev–Trinajstić information content (AvgIpc) is 3.50. The van der Waals surface area contributed by atoms with E-state index in [9.17, 15) is 9.59 Å². The molecule has 0 bridgehead atoms. The van der Waals surface area contributed by atoms with Crippen LogP contribution in [0.3, 0.4) is 0 Å². The van der Waals surface area contributed by atoms with Gasteiger partial charge < -0.3 is 8.83 Å². The topological polar surface area (TPSA) is 111 Å². The van der Waals surface area contributed by atoms with Crippen molar-refractivity contribution < 1.29 is 18.4 Å². The summed E-state index contributed by atoms with van der Waals surface area (Å²) in [5.74, 6) is 0.135. The van der Waals surface area contributed by atoms with Gasteiger partial charge in [0.1, 0.15) is 0 Å². The van der Waals surface area contributed by atoms with E-state index in [0.717, 1.165) is 5.56 Å². The third-order valence-electron chi connectivity index (χ3n) is 4.93. The van der Waals surface area contributed by atoms with Crippen LogP contribution < -0.4 is 5.32 Å². The van der Waals surface area contributed by atoms with Crippen molar-refractivity contribution in [2.45, 2.75) is 6.92 Å². The van der Waals surface area contributed by atoms with E-state index >= 15 is 0 Å². The van der Waals surface area contributed by atoms with Gasteiger partial charge in [0, 0.05) is 16.5 Å². The van der Waals surface area contributed by atoms with Crippen molar-refractivity contribution in [2.24, 2.45) is 0 Å². The zero-order valence-electron chi connectivity index (χ0n) is 16.9. The lowest BCUT2D eigenvalue weighted by Gasteiger charge is -2.09. The number of nitrogens with zero attached hydrogens (tertiary/aromatic N) is 3. The standard InChI is InChI=1S/C24H16N4O4/c1-14(29)15-8-10-16(11-9-15)20-13-18(17-5-2-3-6-19(17)25-20)22(30)26-24-28-27-23(32-24)21-7-4-12-31-21/h2-13H,1H3,(H,26,28,30). The van der Waals surface area contributed by atoms with Crippen molar-refractivity contribution in [3.63, 3.8) is 0 Å². The number of anilines is 1. The van der Waals surface area contributed by atoms with Gasteiger partial charge in [0.2, 0.25) is 0 Å². The molecule has 0 saturated carbocycles. The summed E-state index contributed by atoms with van der Waals surface area (Å²) < 4.78 is 10.7. The van der Waals surface area contributed by atoms with Crippen molar-refractivity contribution in [3.8, 4) is 22.9 Å². The van der Waals surface area contributed by atoms with Gasteiger partial charge in [0.25, 0.3) is 11.8 Å². The summed E-state index contributed by atoms with van der Waals surface area (Å²) >= 11 is 0. The third kappa shape index (κ3) is 3.65. The van der Waals surface area contributed by atoms with Gasteiger partial charge >= 0.3 is 6.01 Å². The Bertz CT molecular complexity index is 1440. The number of aromatic nitrogens is 3. The van der Waals surface area contributed by atoms with Crippen LogP contribution in [0.5, 0.6) is 0 Å². The number of ketones is 1. The number of nitrogens with one attached hydrogen (secondary N) is 1. The summed E-state index contributed by atoms with van der Waals surface area (Å²) in [6, 6.07) is 19.5. The Hall–Kier alpha value is -4.59. The number of carbonyl (C=O) groups is 2. The molecule has 0 atom stereocenters. The van der Waals surface area contributed by atoms with E-state index in [1.54, 1.807) is 30.3 Å². The number of hydrogen-bond donors (Lipinski definition) is 1. The number of benzene rings is 2. The summed E-state index contributed by atoms with van der Waals surface area (Å²) in [4.78, 5) is 29.4. The summed E-state index contributed by atoms with van der Waals surface area (Å²) in [5.41, 5.74) is 3.06. The van der Waals surface area contributed by atoms with E-state index in [4.69, 9.17) is 8.83 Å². The van der Waals surface area contributed by atoms with Gasteiger partial charge in [-0.2, -0.15) is 0 Å². The predicted octanol–water partition coefficient (Wildman–Crippen LogP) is 5.00. The molecule has 5 aromatic rings. The molecule has 0 saturated heterocycles. The van der Waals surface area contributed by atoms with Gasteiger partial charge in [-0.05, 0) is 31.2 Å². The molecule has 0 aliphatic heterocycles. The Balaban J connectivity index is 1.51. The molecule has 1 N–H and O–H groups in total. The van der Waals surface area contributed by atoms with Crippen molar-refractivity contribution in [1.29, 1.82) is 0 Å². The van der Waals surface area contributed by atoms with Gasteiger partial charge in [0.15, 0.2) is 11.5 Å². The van der Waals surface area contributed by atoms with Crippen LogP contribution >= 0.6 is 0 Å². The smallest absolute Gasteiger partial charge is 0.322 e. The van der Waals surface area contributed by atoms with Gasteiger partial charge in [-0.1, -0.05) is 47.6 Å². The van der Waals surface area contributed by atoms with Crippen LogP contribution in [-0.2, 0) is 0 Å². The number of pyridine rings is 1. The van der Waals surface area contributed by atoms with E-state index in [1.807, 2.05) is 36.4 Å². The first-order chi connectivity index (χ1) is 15.6. The molecule has 8 heteroatoms. The number of Topliss-reactive ketones (excluding diaryl/α,β-unsaturated/α-hetero) is 1. The predicted molar refractivity (Wildman–Crippen MR) is 117 cm³/mol. The summed E-state index contributed by atoms with van der Waals surface area (Å²) in [6.45, 7) is 1.51. The normalized spacial score (nSPS) is 10.9. The number of furan rings is 1. The Labute approximate surface area is 181 Å². The Morgan fingerprint density at radius 3 is 2.50 bits per heavy atom. The lowest BCUT2D eigenvalue weighted by molar-refractivity contribution is 0.101. The number of hydrogen-bond acceptors (Lipinski definition) is 7. The maximum atomic E-state index is 13.1. The molecular weight excluding hydrogens is 408 g/mol. The number of rotatable bonds is 5. The molecule has 5 rings (SSSR count). The van der Waals surface area contributed by atoms with Crippen molar-refractivity contribution in [2.75, 3.05) is 5.32 Å². The first kappa shape index (κ1) is 19.4. The highest BCUT2D eigenvalue weighted by atomic mass is 16.4. The minimum absolute atomic E-state index is 0.0171. The lowest BCUT2D eigenvalue weighted by Crippen LogP contribution is -2.13. The van der Waals surface area contributed by atoms with Gasteiger partial charge in [-0.15, -0.1) is 5.10 Å². The number of carbonyl (C=O) groups excluding carboxylic acids is 2. The molecule has 0 radical (unpaired) electrons. The van der Waals surface area contributed by atoms with E-state index < -0.39 is 5.91 Å². The summed E-state index contributed by atoms with van der Waals surface area (Å²) in [6.07, 6.45) is 1.49. The molecule has 0 aliphatic rings.